The van der Waals surface area contributed by atoms with Gasteiger partial charge in [0, 0.05) is 11.1 Å². The number of nitrogens with one attached hydrogen (secondary N) is 1. The molecular weight excluding hydrogens is 226 g/mol. The van der Waals surface area contributed by atoms with E-state index >= 15 is 0 Å². The molecule has 0 bridgehead atoms. The lowest BCUT2D eigenvalue weighted by Gasteiger charge is -2.10. The summed E-state index contributed by atoms with van der Waals surface area (Å²) in [6.45, 7) is 6.10. The van der Waals surface area contributed by atoms with Gasteiger partial charge in [0.15, 0.2) is 0 Å². The Bertz CT molecular complexity index is 605. The number of fused-ring (bicyclic) bond motifs is 1. The third kappa shape index (κ3) is 2.19. The van der Waals surface area contributed by atoms with Gasteiger partial charge in [-0.05, 0) is 36.6 Å². The highest BCUT2D eigenvalue weighted by Gasteiger charge is 2.12. The summed E-state index contributed by atoms with van der Waals surface area (Å²) >= 11 is 0. The van der Waals surface area contributed by atoms with Gasteiger partial charge in [0.1, 0.15) is 0 Å². The first kappa shape index (κ1) is 12.5. The van der Waals surface area contributed by atoms with Crippen LogP contribution in [0.3, 0.4) is 0 Å². The Labute approximate surface area is 106 Å². The number of nitrogens with zero attached hydrogens (tertiary/aromatic N) is 1. The van der Waals surface area contributed by atoms with E-state index in [4.69, 9.17) is 5.84 Å². The number of carbonyl (C=O) groups excluding carboxylic acids is 1. The van der Waals surface area contributed by atoms with Gasteiger partial charge < -0.3 is 0 Å². The average molecular weight is 243 g/mol. The summed E-state index contributed by atoms with van der Waals surface area (Å²) in [4.78, 5) is 16.2. The van der Waals surface area contributed by atoms with Crippen molar-refractivity contribution in [3.63, 3.8) is 0 Å². The Morgan fingerprint density at radius 3 is 2.67 bits per heavy atom. The van der Waals surface area contributed by atoms with Gasteiger partial charge in [0.25, 0.3) is 5.91 Å². The maximum absolute atomic E-state index is 11.8. The standard InChI is InChI=1S/C14H17N3O/c1-8(2)10-4-5-13-11(7-10)12(14(18)17-15)6-9(3)16-13/h4-8H,15H2,1-3H3,(H,17,18). The minimum Gasteiger partial charge on any atom is -0.290 e. The number of hydrazine groups is 1. The van der Waals surface area contributed by atoms with Crippen LogP contribution >= 0.6 is 0 Å². The van der Waals surface area contributed by atoms with Crippen LogP contribution in [-0.2, 0) is 0 Å². The average Bonchev–Trinajstić information content (AvgIpc) is 2.36. The van der Waals surface area contributed by atoms with E-state index in [2.05, 4.69) is 24.3 Å². The molecule has 94 valence electrons. The summed E-state index contributed by atoms with van der Waals surface area (Å²) in [5.74, 6) is 5.34. The first-order valence-corrected chi connectivity index (χ1v) is 5.95. The fourth-order valence-corrected chi connectivity index (χ4v) is 2.00. The number of hydrogen-bond acceptors (Lipinski definition) is 3. The number of nitrogens with two attached hydrogens (primary N) is 1. The molecule has 0 aliphatic rings. The van der Waals surface area contributed by atoms with E-state index in [-0.39, 0.29) is 5.91 Å². The van der Waals surface area contributed by atoms with E-state index in [1.54, 1.807) is 6.07 Å². The molecule has 0 saturated heterocycles. The molecule has 1 aromatic carbocycles. The van der Waals surface area contributed by atoms with Gasteiger partial charge in [-0.2, -0.15) is 0 Å². The predicted molar refractivity (Wildman–Crippen MR) is 72.2 cm³/mol. The van der Waals surface area contributed by atoms with Crippen LogP contribution in [0.15, 0.2) is 24.3 Å². The van der Waals surface area contributed by atoms with Gasteiger partial charge in [-0.1, -0.05) is 19.9 Å². The third-order valence-electron chi connectivity index (χ3n) is 3.00. The Morgan fingerprint density at radius 2 is 2.06 bits per heavy atom. The molecule has 0 aliphatic heterocycles. The molecule has 4 heteroatoms. The molecule has 3 N–H and O–H groups in total. The molecule has 4 nitrogen and oxygen atoms in total. The maximum Gasteiger partial charge on any atom is 0.265 e. The third-order valence-corrected chi connectivity index (χ3v) is 3.00. The number of aromatic nitrogens is 1. The number of carbonyl (C=O) groups is 1. The van der Waals surface area contributed by atoms with Crippen molar-refractivity contribution in [2.75, 3.05) is 0 Å². The lowest BCUT2D eigenvalue weighted by Crippen LogP contribution is -2.30. The number of rotatable bonds is 2. The van der Waals surface area contributed by atoms with Gasteiger partial charge in [-0.25, -0.2) is 5.84 Å². The molecule has 1 heterocycles. The van der Waals surface area contributed by atoms with Crippen molar-refractivity contribution in [3.8, 4) is 0 Å². The summed E-state index contributed by atoms with van der Waals surface area (Å²) in [5.41, 5.74) is 5.56. The van der Waals surface area contributed by atoms with Crippen LogP contribution in [-0.4, -0.2) is 10.9 Å². The molecule has 0 radical (unpaired) electrons. The minimum absolute atomic E-state index is 0.286. The number of benzene rings is 1. The Hall–Kier alpha value is -1.94. The fraction of sp³-hybridized carbons (Fsp3) is 0.286. The van der Waals surface area contributed by atoms with E-state index in [0.29, 0.717) is 11.5 Å². The second-order valence-corrected chi connectivity index (χ2v) is 4.72. The second-order valence-electron chi connectivity index (χ2n) is 4.72. The van der Waals surface area contributed by atoms with E-state index in [1.807, 2.05) is 25.1 Å². The highest BCUT2D eigenvalue weighted by Crippen LogP contribution is 2.23. The number of aryl methyl sites for hydroxylation is 1. The number of amides is 1. The Kier molecular flexibility index (Phi) is 3.30. The van der Waals surface area contributed by atoms with Crippen molar-refractivity contribution < 1.29 is 4.79 Å². The van der Waals surface area contributed by atoms with Crippen LogP contribution in [0.25, 0.3) is 10.9 Å². The van der Waals surface area contributed by atoms with E-state index < -0.39 is 0 Å². The number of hydrogen-bond donors (Lipinski definition) is 2. The van der Waals surface area contributed by atoms with Crippen molar-refractivity contribution in [2.45, 2.75) is 26.7 Å². The topological polar surface area (TPSA) is 68.0 Å². The summed E-state index contributed by atoms with van der Waals surface area (Å²) in [5, 5.41) is 0.842. The van der Waals surface area contributed by atoms with Gasteiger partial charge in [0.2, 0.25) is 0 Å². The van der Waals surface area contributed by atoms with Crippen LogP contribution < -0.4 is 11.3 Å². The van der Waals surface area contributed by atoms with E-state index in [1.165, 1.54) is 5.56 Å². The van der Waals surface area contributed by atoms with Crippen LogP contribution in [0.5, 0.6) is 0 Å². The first-order valence-electron chi connectivity index (χ1n) is 5.95. The molecule has 1 amide bonds. The van der Waals surface area contributed by atoms with Gasteiger partial charge >= 0.3 is 0 Å². The van der Waals surface area contributed by atoms with Gasteiger partial charge in [0.05, 0.1) is 11.1 Å². The molecule has 0 spiro atoms. The molecule has 0 atom stereocenters. The normalized spacial score (nSPS) is 10.9. The highest BCUT2D eigenvalue weighted by atomic mass is 16.2. The first-order chi connectivity index (χ1) is 8.52. The van der Waals surface area contributed by atoms with Crippen molar-refractivity contribution in [2.24, 2.45) is 5.84 Å². The summed E-state index contributed by atoms with van der Waals surface area (Å²) in [7, 11) is 0. The Balaban J connectivity index is 2.74. The summed E-state index contributed by atoms with van der Waals surface area (Å²) in [6, 6.07) is 7.76. The monoisotopic (exact) mass is 243 g/mol. The molecule has 2 rings (SSSR count). The fourth-order valence-electron chi connectivity index (χ4n) is 2.00. The molecular formula is C14H17N3O. The smallest absolute Gasteiger partial charge is 0.265 e. The summed E-state index contributed by atoms with van der Waals surface area (Å²) in [6.07, 6.45) is 0. The van der Waals surface area contributed by atoms with Gasteiger partial charge in [-0.3, -0.25) is 15.2 Å². The van der Waals surface area contributed by atoms with Crippen molar-refractivity contribution in [1.82, 2.24) is 10.4 Å². The van der Waals surface area contributed by atoms with Crippen LogP contribution in [0.1, 0.15) is 41.4 Å². The molecule has 1 aromatic heterocycles. The molecule has 2 aromatic rings. The van der Waals surface area contributed by atoms with Crippen molar-refractivity contribution in [3.05, 3.63) is 41.1 Å². The predicted octanol–water partition coefficient (Wildman–Crippen LogP) is 2.27. The molecule has 0 saturated carbocycles. The molecule has 0 fully saturated rings. The van der Waals surface area contributed by atoms with Crippen molar-refractivity contribution >= 4 is 16.8 Å². The molecule has 0 unspecified atom stereocenters. The zero-order valence-electron chi connectivity index (χ0n) is 10.8. The van der Waals surface area contributed by atoms with Crippen molar-refractivity contribution in [1.29, 1.82) is 0 Å². The Morgan fingerprint density at radius 1 is 1.33 bits per heavy atom. The largest absolute Gasteiger partial charge is 0.290 e. The highest BCUT2D eigenvalue weighted by molar-refractivity contribution is 6.06. The van der Waals surface area contributed by atoms with Crippen LogP contribution in [0.4, 0.5) is 0 Å². The van der Waals surface area contributed by atoms with Gasteiger partial charge in [-0.15, -0.1) is 0 Å². The lowest BCUT2D eigenvalue weighted by molar-refractivity contribution is 0.0955. The van der Waals surface area contributed by atoms with E-state index in [9.17, 15) is 4.79 Å². The zero-order valence-corrected chi connectivity index (χ0v) is 10.8. The quantitative estimate of drug-likeness (QED) is 0.483. The summed E-state index contributed by atoms with van der Waals surface area (Å²) < 4.78 is 0. The second kappa shape index (κ2) is 4.74. The number of pyridine rings is 1. The lowest BCUT2D eigenvalue weighted by atomic mass is 9.98. The SMILES string of the molecule is Cc1cc(C(=O)NN)c2cc(C(C)C)ccc2n1. The minimum atomic E-state index is -0.286. The molecule has 18 heavy (non-hydrogen) atoms. The number of nitrogen functional groups attached to an aromatic ring is 1. The van der Waals surface area contributed by atoms with Crippen LogP contribution in [0, 0.1) is 6.92 Å². The van der Waals surface area contributed by atoms with Crippen LogP contribution in [0.2, 0.25) is 0 Å². The maximum atomic E-state index is 11.8. The molecule has 0 aliphatic carbocycles. The van der Waals surface area contributed by atoms with E-state index in [0.717, 1.165) is 16.6 Å². The zero-order chi connectivity index (χ0) is 13.3.